The van der Waals surface area contributed by atoms with Crippen molar-refractivity contribution >= 4 is 28.3 Å². The monoisotopic (exact) mass is 479 g/mol. The lowest BCUT2D eigenvalue weighted by atomic mass is 9.98. The molecule has 2 aromatic rings. The van der Waals surface area contributed by atoms with Gasteiger partial charge in [-0.05, 0) is 51.3 Å². The van der Waals surface area contributed by atoms with Gasteiger partial charge >= 0.3 is 6.61 Å². The summed E-state index contributed by atoms with van der Waals surface area (Å²) in [5.74, 6) is 0.0431. The second-order valence-corrected chi connectivity index (χ2v) is 9.57. The summed E-state index contributed by atoms with van der Waals surface area (Å²) in [5.41, 5.74) is 1.78. The lowest BCUT2D eigenvalue weighted by Crippen LogP contribution is -2.42. The first-order chi connectivity index (χ1) is 15.7. The van der Waals surface area contributed by atoms with Gasteiger partial charge < -0.3 is 19.7 Å². The van der Waals surface area contributed by atoms with Crippen molar-refractivity contribution in [3.8, 4) is 11.5 Å². The highest BCUT2D eigenvalue weighted by atomic mass is 32.1. The van der Waals surface area contributed by atoms with Crippen molar-refractivity contribution in [2.24, 2.45) is 0 Å². The maximum Gasteiger partial charge on any atom is 0.387 e. The van der Waals surface area contributed by atoms with E-state index in [9.17, 15) is 18.4 Å². The van der Waals surface area contributed by atoms with E-state index in [1.165, 1.54) is 17.4 Å². The molecule has 0 bridgehead atoms. The molecular weight excluding hydrogens is 452 g/mol. The van der Waals surface area contributed by atoms with Crippen LogP contribution in [0.1, 0.15) is 63.1 Å². The van der Waals surface area contributed by atoms with Crippen LogP contribution in [-0.2, 0) is 9.59 Å². The Kier molecular flexibility index (Phi) is 6.83. The van der Waals surface area contributed by atoms with E-state index in [2.05, 4.69) is 15.0 Å². The summed E-state index contributed by atoms with van der Waals surface area (Å²) in [6, 6.07) is 4.07. The zero-order chi connectivity index (χ0) is 23.7. The fraction of sp³-hybridized carbons (Fsp3) is 0.522. The first-order valence-corrected chi connectivity index (χ1v) is 11.9. The van der Waals surface area contributed by atoms with Crippen molar-refractivity contribution in [3.63, 3.8) is 0 Å². The minimum absolute atomic E-state index is 0.0506. The largest absolute Gasteiger partial charge is 0.487 e. The molecule has 1 aliphatic carbocycles. The van der Waals surface area contributed by atoms with E-state index in [0.29, 0.717) is 17.6 Å². The molecule has 2 amide bonds. The standard InChI is InChI=1S/C23H27F2N3O4S/c1-12(2)31-19-8-15(6-7-18(19)32-22(24)25)16-9-20(29)28(10-16)13(3)21(30)27-23-26-17(11-33-23)14-4-5-14/h6-8,11-14,16,22H,4-5,9-10H2,1-3H3,(H,26,27,30). The van der Waals surface area contributed by atoms with Crippen LogP contribution in [0.25, 0.3) is 0 Å². The Hall–Kier alpha value is -2.75. The fourth-order valence-electron chi connectivity index (χ4n) is 3.91. The minimum atomic E-state index is -2.97. The van der Waals surface area contributed by atoms with Gasteiger partial charge in [0.05, 0.1) is 11.8 Å². The summed E-state index contributed by atoms with van der Waals surface area (Å²) in [6.45, 7) is 2.64. The van der Waals surface area contributed by atoms with E-state index in [-0.39, 0.29) is 41.8 Å². The second-order valence-electron chi connectivity index (χ2n) is 8.72. The number of nitrogens with one attached hydrogen (secondary N) is 1. The molecule has 2 fully saturated rings. The molecule has 2 aliphatic rings. The zero-order valence-corrected chi connectivity index (χ0v) is 19.5. The van der Waals surface area contributed by atoms with Crippen LogP contribution < -0.4 is 14.8 Å². The molecule has 2 unspecified atom stereocenters. The third kappa shape index (κ3) is 5.61. The third-order valence-corrected chi connectivity index (χ3v) is 6.55. The number of halogens is 2. The van der Waals surface area contributed by atoms with Crippen molar-refractivity contribution in [2.75, 3.05) is 11.9 Å². The Morgan fingerprint density at radius 3 is 2.61 bits per heavy atom. The average molecular weight is 480 g/mol. The van der Waals surface area contributed by atoms with Crippen LogP contribution in [0.2, 0.25) is 0 Å². The molecule has 1 N–H and O–H groups in total. The highest BCUT2D eigenvalue weighted by molar-refractivity contribution is 7.13. The Labute approximate surface area is 195 Å². The van der Waals surface area contributed by atoms with Crippen LogP contribution in [-0.4, -0.2) is 47.0 Å². The summed E-state index contributed by atoms with van der Waals surface area (Å²) in [5, 5.41) is 5.33. The second kappa shape index (κ2) is 9.62. The van der Waals surface area contributed by atoms with Crippen LogP contribution in [0.3, 0.4) is 0 Å². The predicted octanol–water partition coefficient (Wildman–Crippen LogP) is 4.75. The number of amides is 2. The Morgan fingerprint density at radius 1 is 1.18 bits per heavy atom. The quantitative estimate of drug-likeness (QED) is 0.561. The Morgan fingerprint density at radius 2 is 1.94 bits per heavy atom. The van der Waals surface area contributed by atoms with Gasteiger partial charge in [0.15, 0.2) is 16.6 Å². The van der Waals surface area contributed by atoms with Gasteiger partial charge in [-0.2, -0.15) is 8.78 Å². The minimum Gasteiger partial charge on any atom is -0.487 e. The number of thiazole rings is 1. The maximum absolute atomic E-state index is 12.8. The van der Waals surface area contributed by atoms with Crippen molar-refractivity contribution in [3.05, 3.63) is 34.8 Å². The number of aromatic nitrogens is 1. The number of rotatable bonds is 9. The van der Waals surface area contributed by atoms with Gasteiger partial charge in [-0.3, -0.25) is 9.59 Å². The molecule has 1 aromatic carbocycles. The molecule has 1 aromatic heterocycles. The number of likely N-dealkylation sites (tertiary alicyclic amines) is 1. The number of carbonyl (C=O) groups excluding carboxylic acids is 2. The number of alkyl halides is 2. The summed E-state index contributed by atoms with van der Waals surface area (Å²) in [4.78, 5) is 31.5. The molecule has 178 valence electrons. The molecule has 1 saturated carbocycles. The molecule has 33 heavy (non-hydrogen) atoms. The van der Waals surface area contributed by atoms with Gasteiger partial charge in [0, 0.05) is 30.2 Å². The molecule has 1 saturated heterocycles. The highest BCUT2D eigenvalue weighted by Crippen LogP contribution is 2.41. The number of ether oxygens (including phenoxy) is 2. The lowest BCUT2D eigenvalue weighted by Gasteiger charge is -2.24. The number of carbonyl (C=O) groups is 2. The van der Waals surface area contributed by atoms with E-state index in [1.807, 2.05) is 5.38 Å². The molecule has 2 heterocycles. The van der Waals surface area contributed by atoms with E-state index in [0.717, 1.165) is 24.1 Å². The molecule has 10 heteroatoms. The summed E-state index contributed by atoms with van der Waals surface area (Å²) in [6.07, 6.45) is 2.25. The SMILES string of the molecule is CC(C)Oc1cc(C2CC(=O)N(C(C)C(=O)Nc3nc(C4CC4)cs3)C2)ccc1OC(F)F. The van der Waals surface area contributed by atoms with Gasteiger partial charge in [0.1, 0.15) is 6.04 Å². The average Bonchev–Trinajstić information content (AvgIpc) is 3.37. The van der Waals surface area contributed by atoms with Crippen molar-refractivity contribution in [1.29, 1.82) is 0 Å². The fourth-order valence-corrected chi connectivity index (χ4v) is 4.70. The number of hydrogen-bond acceptors (Lipinski definition) is 6. The number of benzene rings is 1. The van der Waals surface area contributed by atoms with Crippen LogP contribution in [0.15, 0.2) is 23.6 Å². The number of hydrogen-bond donors (Lipinski definition) is 1. The van der Waals surface area contributed by atoms with Crippen LogP contribution in [0.4, 0.5) is 13.9 Å². The Balaban J connectivity index is 1.43. The molecule has 1 aliphatic heterocycles. The van der Waals surface area contributed by atoms with E-state index in [4.69, 9.17) is 4.74 Å². The maximum atomic E-state index is 12.8. The van der Waals surface area contributed by atoms with E-state index >= 15 is 0 Å². The third-order valence-electron chi connectivity index (χ3n) is 5.77. The van der Waals surface area contributed by atoms with Gasteiger partial charge in [0.25, 0.3) is 0 Å². The van der Waals surface area contributed by atoms with Crippen molar-refractivity contribution in [1.82, 2.24) is 9.88 Å². The normalized spacial score (nSPS) is 19.3. The topological polar surface area (TPSA) is 80.8 Å². The summed E-state index contributed by atoms with van der Waals surface area (Å²) >= 11 is 1.39. The predicted molar refractivity (Wildman–Crippen MR) is 120 cm³/mol. The van der Waals surface area contributed by atoms with Crippen LogP contribution >= 0.6 is 11.3 Å². The lowest BCUT2D eigenvalue weighted by molar-refractivity contribution is -0.134. The van der Waals surface area contributed by atoms with E-state index < -0.39 is 12.7 Å². The van der Waals surface area contributed by atoms with Gasteiger partial charge in [0.2, 0.25) is 11.8 Å². The molecule has 4 rings (SSSR count). The first kappa shape index (κ1) is 23.4. The van der Waals surface area contributed by atoms with E-state index in [1.54, 1.807) is 37.8 Å². The number of anilines is 1. The molecule has 0 radical (unpaired) electrons. The van der Waals surface area contributed by atoms with Crippen LogP contribution in [0.5, 0.6) is 11.5 Å². The summed E-state index contributed by atoms with van der Waals surface area (Å²) < 4.78 is 35.7. The van der Waals surface area contributed by atoms with Gasteiger partial charge in [-0.1, -0.05) is 6.07 Å². The smallest absolute Gasteiger partial charge is 0.387 e. The molecule has 2 atom stereocenters. The first-order valence-electron chi connectivity index (χ1n) is 11.0. The summed E-state index contributed by atoms with van der Waals surface area (Å²) in [7, 11) is 0. The zero-order valence-electron chi connectivity index (χ0n) is 18.7. The molecular formula is C23H27F2N3O4S. The van der Waals surface area contributed by atoms with Crippen molar-refractivity contribution < 1.29 is 27.8 Å². The van der Waals surface area contributed by atoms with Gasteiger partial charge in [-0.25, -0.2) is 4.98 Å². The molecule has 7 nitrogen and oxygen atoms in total. The van der Waals surface area contributed by atoms with Gasteiger partial charge in [-0.15, -0.1) is 11.3 Å². The highest BCUT2D eigenvalue weighted by Gasteiger charge is 2.37. The Bertz CT molecular complexity index is 1020. The molecule has 0 spiro atoms. The number of nitrogens with zero attached hydrogens (tertiary/aromatic N) is 2. The van der Waals surface area contributed by atoms with Crippen molar-refractivity contribution in [2.45, 2.75) is 70.6 Å². The van der Waals surface area contributed by atoms with Crippen LogP contribution in [0, 0.1) is 0 Å².